The number of carbonyl (C=O) groups is 1. The molecule has 88 valence electrons. The zero-order valence-electron chi connectivity index (χ0n) is 9.15. The maximum absolute atomic E-state index is 10.6. The van der Waals surface area contributed by atoms with Crippen LogP contribution in [0.25, 0.3) is 0 Å². The van der Waals surface area contributed by atoms with Crippen LogP contribution in [0.4, 0.5) is 0 Å². The Bertz CT molecular complexity index is 353. The molecule has 1 aromatic rings. The van der Waals surface area contributed by atoms with E-state index in [9.17, 15) is 4.79 Å². The van der Waals surface area contributed by atoms with Gasteiger partial charge in [-0.3, -0.25) is 0 Å². The fraction of sp³-hybridized carbons (Fsp3) is 0.583. The first-order chi connectivity index (χ1) is 7.75. The van der Waals surface area contributed by atoms with Crippen molar-refractivity contribution in [2.24, 2.45) is 0 Å². The van der Waals surface area contributed by atoms with E-state index in [1.54, 1.807) is 6.07 Å². The normalized spacial score (nSPS) is 17.5. The topological polar surface area (TPSA) is 50.4 Å². The monoisotopic (exact) mass is 240 g/mol. The SMILES string of the molecule is O=C(O)c1ccc(CSC2CCCCC2)o1. The second kappa shape index (κ2) is 5.43. The van der Waals surface area contributed by atoms with Gasteiger partial charge >= 0.3 is 5.97 Å². The van der Waals surface area contributed by atoms with Crippen molar-refractivity contribution in [3.63, 3.8) is 0 Å². The smallest absolute Gasteiger partial charge is 0.371 e. The van der Waals surface area contributed by atoms with Crippen LogP contribution in [0.15, 0.2) is 16.5 Å². The maximum Gasteiger partial charge on any atom is 0.371 e. The van der Waals surface area contributed by atoms with E-state index in [4.69, 9.17) is 9.52 Å². The zero-order valence-corrected chi connectivity index (χ0v) is 9.96. The highest BCUT2D eigenvalue weighted by Gasteiger charge is 2.15. The Morgan fingerprint density at radius 2 is 2.12 bits per heavy atom. The number of hydrogen-bond acceptors (Lipinski definition) is 3. The third-order valence-electron chi connectivity index (χ3n) is 2.89. The number of aromatic carboxylic acids is 1. The molecule has 1 heterocycles. The van der Waals surface area contributed by atoms with Crippen molar-refractivity contribution in [3.8, 4) is 0 Å². The molecule has 0 radical (unpaired) electrons. The highest BCUT2D eigenvalue weighted by Crippen LogP contribution is 2.30. The third kappa shape index (κ3) is 3.04. The van der Waals surface area contributed by atoms with Crippen LogP contribution < -0.4 is 0 Å². The molecule has 1 aliphatic carbocycles. The van der Waals surface area contributed by atoms with Gasteiger partial charge in [-0.15, -0.1) is 0 Å². The minimum Gasteiger partial charge on any atom is -0.475 e. The molecule has 0 aromatic carbocycles. The molecule has 0 unspecified atom stereocenters. The number of rotatable bonds is 4. The van der Waals surface area contributed by atoms with Gasteiger partial charge in [0.1, 0.15) is 5.76 Å². The second-order valence-corrected chi connectivity index (χ2v) is 5.43. The summed E-state index contributed by atoms with van der Waals surface area (Å²) in [5.74, 6) is 0.610. The van der Waals surface area contributed by atoms with E-state index < -0.39 is 5.97 Å². The van der Waals surface area contributed by atoms with Gasteiger partial charge in [0, 0.05) is 5.25 Å². The molecular formula is C12H16O3S. The van der Waals surface area contributed by atoms with E-state index >= 15 is 0 Å². The van der Waals surface area contributed by atoms with Crippen molar-refractivity contribution in [1.29, 1.82) is 0 Å². The van der Waals surface area contributed by atoms with Crippen molar-refractivity contribution in [3.05, 3.63) is 23.7 Å². The summed E-state index contributed by atoms with van der Waals surface area (Å²) in [7, 11) is 0. The third-order valence-corrected chi connectivity index (χ3v) is 4.28. The van der Waals surface area contributed by atoms with E-state index in [-0.39, 0.29) is 5.76 Å². The summed E-state index contributed by atoms with van der Waals surface area (Å²) in [4.78, 5) is 10.6. The van der Waals surface area contributed by atoms with Crippen LogP contribution in [-0.2, 0) is 5.75 Å². The summed E-state index contributed by atoms with van der Waals surface area (Å²) in [5.41, 5.74) is 0. The van der Waals surface area contributed by atoms with E-state index in [1.165, 1.54) is 38.2 Å². The van der Waals surface area contributed by atoms with Crippen LogP contribution in [0.5, 0.6) is 0 Å². The Morgan fingerprint density at radius 1 is 1.38 bits per heavy atom. The van der Waals surface area contributed by atoms with E-state index in [2.05, 4.69) is 0 Å². The summed E-state index contributed by atoms with van der Waals surface area (Å²) < 4.78 is 5.22. The van der Waals surface area contributed by atoms with Crippen molar-refractivity contribution < 1.29 is 14.3 Å². The quantitative estimate of drug-likeness (QED) is 0.874. The predicted octanol–water partition coefficient (Wildman–Crippen LogP) is 3.54. The fourth-order valence-electron chi connectivity index (χ4n) is 2.00. The average Bonchev–Trinajstić information content (AvgIpc) is 2.76. The van der Waals surface area contributed by atoms with E-state index in [0.29, 0.717) is 0 Å². The van der Waals surface area contributed by atoms with Crippen LogP contribution in [0.3, 0.4) is 0 Å². The first kappa shape index (κ1) is 11.6. The van der Waals surface area contributed by atoms with E-state index in [0.717, 1.165) is 16.8 Å². The van der Waals surface area contributed by atoms with Crippen LogP contribution in [-0.4, -0.2) is 16.3 Å². The van der Waals surface area contributed by atoms with Gasteiger partial charge < -0.3 is 9.52 Å². The molecule has 4 heteroatoms. The molecule has 0 saturated heterocycles. The lowest BCUT2D eigenvalue weighted by Gasteiger charge is -2.20. The van der Waals surface area contributed by atoms with Crippen molar-refractivity contribution in [2.75, 3.05) is 0 Å². The van der Waals surface area contributed by atoms with Crippen LogP contribution >= 0.6 is 11.8 Å². The lowest BCUT2D eigenvalue weighted by atomic mass is 10.0. The Balaban J connectivity index is 1.81. The Hall–Kier alpha value is -0.900. The van der Waals surface area contributed by atoms with Gasteiger partial charge in [-0.05, 0) is 25.0 Å². The lowest BCUT2D eigenvalue weighted by Crippen LogP contribution is -2.07. The van der Waals surface area contributed by atoms with Crippen molar-refractivity contribution in [2.45, 2.75) is 43.1 Å². The molecule has 1 aliphatic rings. The molecule has 1 N–H and O–H groups in total. The molecule has 3 nitrogen and oxygen atoms in total. The zero-order chi connectivity index (χ0) is 11.4. The average molecular weight is 240 g/mol. The number of hydrogen-bond donors (Lipinski definition) is 1. The first-order valence-electron chi connectivity index (χ1n) is 5.69. The first-order valence-corrected chi connectivity index (χ1v) is 6.74. The van der Waals surface area contributed by atoms with Gasteiger partial charge in [0.05, 0.1) is 5.75 Å². The van der Waals surface area contributed by atoms with Gasteiger partial charge in [0.25, 0.3) is 0 Å². The largest absolute Gasteiger partial charge is 0.475 e. The molecule has 0 amide bonds. The molecule has 0 bridgehead atoms. The fourth-order valence-corrected chi connectivity index (χ4v) is 3.22. The molecule has 0 aliphatic heterocycles. The van der Waals surface area contributed by atoms with Gasteiger partial charge in [-0.25, -0.2) is 4.79 Å². The highest BCUT2D eigenvalue weighted by molar-refractivity contribution is 7.99. The summed E-state index contributed by atoms with van der Waals surface area (Å²) in [6, 6.07) is 3.29. The molecule has 2 rings (SSSR count). The molecule has 0 spiro atoms. The standard InChI is InChI=1S/C12H16O3S/c13-12(14)11-7-6-9(15-11)8-16-10-4-2-1-3-5-10/h6-7,10H,1-5,8H2,(H,13,14). The molecule has 1 aromatic heterocycles. The van der Waals surface area contributed by atoms with Crippen LogP contribution in [0.2, 0.25) is 0 Å². The lowest BCUT2D eigenvalue weighted by molar-refractivity contribution is 0.0661. The van der Waals surface area contributed by atoms with Gasteiger partial charge in [0.2, 0.25) is 5.76 Å². The summed E-state index contributed by atoms with van der Waals surface area (Å²) in [6.07, 6.45) is 6.60. The Labute approximate surface area is 99.2 Å². The summed E-state index contributed by atoms with van der Waals surface area (Å²) in [5, 5.41) is 9.44. The minimum atomic E-state index is -0.992. The molecule has 0 atom stereocenters. The minimum absolute atomic E-state index is 0.0410. The Morgan fingerprint density at radius 3 is 2.75 bits per heavy atom. The number of carboxylic acid groups (broad SMARTS) is 1. The molecule has 1 saturated carbocycles. The number of thioether (sulfide) groups is 1. The molecule has 1 fully saturated rings. The predicted molar refractivity (Wildman–Crippen MR) is 63.8 cm³/mol. The van der Waals surface area contributed by atoms with Gasteiger partial charge in [-0.1, -0.05) is 19.3 Å². The number of furan rings is 1. The second-order valence-electron chi connectivity index (χ2n) is 4.14. The van der Waals surface area contributed by atoms with Crippen LogP contribution in [0.1, 0.15) is 48.4 Å². The van der Waals surface area contributed by atoms with Crippen LogP contribution in [0, 0.1) is 0 Å². The van der Waals surface area contributed by atoms with Crippen molar-refractivity contribution >= 4 is 17.7 Å². The van der Waals surface area contributed by atoms with E-state index in [1.807, 2.05) is 11.8 Å². The van der Waals surface area contributed by atoms with Gasteiger partial charge in [-0.2, -0.15) is 11.8 Å². The highest BCUT2D eigenvalue weighted by atomic mass is 32.2. The Kier molecular flexibility index (Phi) is 3.93. The molecular weight excluding hydrogens is 224 g/mol. The maximum atomic E-state index is 10.6. The van der Waals surface area contributed by atoms with Gasteiger partial charge in [0.15, 0.2) is 0 Å². The van der Waals surface area contributed by atoms with Crippen molar-refractivity contribution in [1.82, 2.24) is 0 Å². The molecule has 16 heavy (non-hydrogen) atoms. The number of carboxylic acids is 1. The summed E-state index contributed by atoms with van der Waals surface area (Å²) in [6.45, 7) is 0. The summed E-state index contributed by atoms with van der Waals surface area (Å²) >= 11 is 1.89.